The molecule has 0 atom stereocenters. The van der Waals surface area contributed by atoms with E-state index in [1.165, 1.54) is 11.8 Å². The van der Waals surface area contributed by atoms with E-state index in [0.29, 0.717) is 12.3 Å². The Morgan fingerprint density at radius 3 is 2.64 bits per heavy atom. The molecule has 0 aromatic carbocycles. The summed E-state index contributed by atoms with van der Waals surface area (Å²) in [6.07, 6.45) is 0. The number of azide groups is 1. The van der Waals surface area contributed by atoms with Gasteiger partial charge in [0, 0.05) is 28.6 Å². The van der Waals surface area contributed by atoms with Crippen molar-refractivity contribution in [3.05, 3.63) is 27.9 Å². The lowest BCUT2D eigenvalue weighted by Crippen LogP contribution is -1.94. The Morgan fingerprint density at radius 2 is 2.07 bits per heavy atom. The van der Waals surface area contributed by atoms with Gasteiger partial charge >= 0.3 is 0 Å². The van der Waals surface area contributed by atoms with E-state index in [4.69, 9.17) is 5.53 Å². The van der Waals surface area contributed by atoms with Gasteiger partial charge in [0.05, 0.1) is 0 Å². The van der Waals surface area contributed by atoms with E-state index in [2.05, 4.69) is 20.0 Å². The maximum absolute atomic E-state index is 8.07. The average Bonchev–Trinajstić information content (AvgIpc) is 2.11. The van der Waals surface area contributed by atoms with Crippen LogP contribution in [0.25, 0.3) is 10.4 Å². The molecule has 5 nitrogen and oxygen atoms in total. The minimum atomic E-state index is 0.470. The lowest BCUT2D eigenvalue weighted by atomic mass is 10.4. The highest BCUT2D eigenvalue weighted by atomic mass is 32.2. The van der Waals surface area contributed by atoms with Crippen molar-refractivity contribution in [1.82, 2.24) is 9.97 Å². The molecule has 1 aromatic rings. The van der Waals surface area contributed by atoms with Gasteiger partial charge in [0.2, 0.25) is 0 Å². The molecule has 0 amide bonds. The predicted molar refractivity (Wildman–Crippen MR) is 56.2 cm³/mol. The van der Waals surface area contributed by atoms with Crippen LogP contribution in [-0.4, -0.2) is 22.3 Å². The predicted octanol–water partition coefficient (Wildman–Crippen LogP) is 2.50. The summed E-state index contributed by atoms with van der Waals surface area (Å²) in [6.45, 7) is 4.34. The van der Waals surface area contributed by atoms with Crippen molar-refractivity contribution in [2.24, 2.45) is 5.11 Å². The minimum Gasteiger partial charge on any atom is -0.228 e. The molecular formula is C8H11N5S. The van der Waals surface area contributed by atoms with Gasteiger partial charge in [-0.3, -0.25) is 0 Å². The molecule has 0 bridgehead atoms. The van der Waals surface area contributed by atoms with Crippen LogP contribution in [0.2, 0.25) is 0 Å². The van der Waals surface area contributed by atoms with E-state index < -0.39 is 0 Å². The van der Waals surface area contributed by atoms with Crippen molar-refractivity contribution in [3.63, 3.8) is 0 Å². The summed E-state index contributed by atoms with van der Waals surface area (Å²) in [6, 6.07) is 1.93. The fourth-order valence-electron chi connectivity index (χ4n) is 0.981. The maximum Gasteiger partial charge on any atom is 0.187 e. The standard InChI is InChI=1S/C8H11N5S/c1-6-5-7(2)12-8(11-6)14-4-3-10-13-9/h5H,3-4H2,1-2H3. The van der Waals surface area contributed by atoms with Gasteiger partial charge in [-0.05, 0) is 25.4 Å². The zero-order valence-corrected chi connectivity index (χ0v) is 8.95. The Bertz CT molecular complexity index is 338. The quantitative estimate of drug-likeness (QED) is 0.191. The number of aryl methyl sites for hydroxylation is 2. The zero-order valence-electron chi connectivity index (χ0n) is 8.14. The van der Waals surface area contributed by atoms with Crippen LogP contribution >= 0.6 is 11.8 Å². The van der Waals surface area contributed by atoms with Gasteiger partial charge in [0.25, 0.3) is 0 Å². The van der Waals surface area contributed by atoms with Crippen LogP contribution in [0.3, 0.4) is 0 Å². The summed E-state index contributed by atoms with van der Waals surface area (Å²) >= 11 is 1.50. The van der Waals surface area contributed by atoms with Gasteiger partial charge in [-0.2, -0.15) is 0 Å². The molecule has 1 heterocycles. The third kappa shape index (κ3) is 3.64. The minimum absolute atomic E-state index is 0.470. The summed E-state index contributed by atoms with van der Waals surface area (Å²) in [7, 11) is 0. The second-order valence-corrected chi connectivity index (χ2v) is 3.80. The molecule has 1 aromatic heterocycles. The lowest BCUT2D eigenvalue weighted by molar-refractivity contribution is 0.901. The molecule has 0 fully saturated rings. The van der Waals surface area contributed by atoms with Crippen LogP contribution < -0.4 is 0 Å². The first-order valence-corrected chi connectivity index (χ1v) is 5.17. The monoisotopic (exact) mass is 209 g/mol. The summed E-state index contributed by atoms with van der Waals surface area (Å²) in [5, 5.41) is 4.18. The van der Waals surface area contributed by atoms with E-state index in [9.17, 15) is 0 Å². The Hall–Kier alpha value is -1.26. The Morgan fingerprint density at radius 1 is 1.43 bits per heavy atom. The highest BCUT2D eigenvalue weighted by Crippen LogP contribution is 2.13. The summed E-state index contributed by atoms with van der Waals surface area (Å²) < 4.78 is 0. The Labute approximate surface area is 86.6 Å². The van der Waals surface area contributed by atoms with Crippen molar-refractivity contribution >= 4 is 11.8 Å². The third-order valence-electron chi connectivity index (χ3n) is 1.45. The van der Waals surface area contributed by atoms with Gasteiger partial charge in [0.15, 0.2) is 5.16 Å². The smallest absolute Gasteiger partial charge is 0.187 e. The van der Waals surface area contributed by atoms with Crippen LogP contribution in [0.4, 0.5) is 0 Å². The first-order valence-electron chi connectivity index (χ1n) is 4.18. The van der Waals surface area contributed by atoms with E-state index in [1.807, 2.05) is 19.9 Å². The van der Waals surface area contributed by atoms with Gasteiger partial charge in [-0.25, -0.2) is 9.97 Å². The zero-order chi connectivity index (χ0) is 10.4. The van der Waals surface area contributed by atoms with Gasteiger partial charge in [-0.15, -0.1) is 0 Å². The number of hydrogen-bond acceptors (Lipinski definition) is 4. The molecule has 6 heteroatoms. The molecule has 0 spiro atoms. The molecule has 0 aliphatic heterocycles. The SMILES string of the molecule is Cc1cc(C)nc(SCCN=[N+]=[N-])n1. The summed E-state index contributed by atoms with van der Waals surface area (Å²) in [4.78, 5) is 11.2. The fourth-order valence-corrected chi connectivity index (χ4v) is 1.75. The third-order valence-corrected chi connectivity index (χ3v) is 2.27. The number of hydrogen-bond donors (Lipinski definition) is 0. The molecule has 0 aliphatic carbocycles. The molecule has 0 unspecified atom stereocenters. The van der Waals surface area contributed by atoms with Crippen LogP contribution in [0.15, 0.2) is 16.3 Å². The molecule has 0 N–H and O–H groups in total. The molecular weight excluding hydrogens is 198 g/mol. The normalized spacial score (nSPS) is 9.57. The second kappa shape index (κ2) is 5.47. The van der Waals surface area contributed by atoms with E-state index in [1.54, 1.807) is 0 Å². The molecule has 14 heavy (non-hydrogen) atoms. The van der Waals surface area contributed by atoms with Crippen molar-refractivity contribution in [3.8, 4) is 0 Å². The van der Waals surface area contributed by atoms with Crippen molar-refractivity contribution in [2.75, 3.05) is 12.3 Å². The lowest BCUT2D eigenvalue weighted by Gasteiger charge is -2.00. The van der Waals surface area contributed by atoms with Crippen molar-refractivity contribution in [2.45, 2.75) is 19.0 Å². The highest BCUT2D eigenvalue weighted by Gasteiger charge is 1.99. The average molecular weight is 209 g/mol. The van der Waals surface area contributed by atoms with Crippen LogP contribution in [0.5, 0.6) is 0 Å². The summed E-state index contributed by atoms with van der Waals surface area (Å²) in [5.74, 6) is 0.715. The number of nitrogens with zero attached hydrogens (tertiary/aromatic N) is 5. The molecule has 1 rings (SSSR count). The molecule has 74 valence electrons. The molecule has 0 saturated heterocycles. The van der Waals surface area contributed by atoms with Crippen molar-refractivity contribution < 1.29 is 0 Å². The largest absolute Gasteiger partial charge is 0.228 e. The number of aromatic nitrogens is 2. The highest BCUT2D eigenvalue weighted by molar-refractivity contribution is 7.99. The van der Waals surface area contributed by atoms with Crippen LogP contribution in [0.1, 0.15) is 11.4 Å². The Kier molecular flexibility index (Phi) is 4.22. The number of thioether (sulfide) groups is 1. The fraction of sp³-hybridized carbons (Fsp3) is 0.500. The Balaban J connectivity index is 2.54. The second-order valence-electron chi connectivity index (χ2n) is 2.74. The van der Waals surface area contributed by atoms with Gasteiger partial charge < -0.3 is 0 Å². The molecule has 0 aliphatic rings. The number of rotatable bonds is 4. The van der Waals surface area contributed by atoms with Crippen LogP contribution in [-0.2, 0) is 0 Å². The molecule has 0 radical (unpaired) electrons. The topological polar surface area (TPSA) is 74.5 Å². The van der Waals surface area contributed by atoms with E-state index in [-0.39, 0.29) is 0 Å². The van der Waals surface area contributed by atoms with Gasteiger partial charge in [-0.1, -0.05) is 16.9 Å². The first kappa shape index (κ1) is 10.8. The molecule has 0 saturated carbocycles. The summed E-state index contributed by atoms with van der Waals surface area (Å²) in [5.41, 5.74) is 9.99. The van der Waals surface area contributed by atoms with Crippen LogP contribution in [0, 0.1) is 13.8 Å². The van der Waals surface area contributed by atoms with E-state index in [0.717, 1.165) is 16.5 Å². The first-order chi connectivity index (χ1) is 6.72. The maximum atomic E-state index is 8.07. The van der Waals surface area contributed by atoms with Crippen molar-refractivity contribution in [1.29, 1.82) is 0 Å². The van der Waals surface area contributed by atoms with E-state index >= 15 is 0 Å². The van der Waals surface area contributed by atoms with Gasteiger partial charge in [0.1, 0.15) is 0 Å².